The number of imide groups is 2. The molecule has 6 rings (SSSR count). The number of amides is 4. The van der Waals surface area contributed by atoms with Gasteiger partial charge in [-0.3, -0.25) is 34.3 Å². The summed E-state index contributed by atoms with van der Waals surface area (Å²) < 4.78 is 0. The monoisotopic (exact) mass is 480 g/mol. The quantitative estimate of drug-likeness (QED) is 0.438. The number of hydrogen-bond acceptors (Lipinski definition) is 8. The number of rotatable bonds is 5. The van der Waals surface area contributed by atoms with Gasteiger partial charge in [-0.2, -0.15) is 0 Å². The Morgan fingerprint density at radius 2 is 1.71 bits per heavy atom. The fourth-order valence-electron chi connectivity index (χ4n) is 6.40. The predicted molar refractivity (Wildman–Crippen MR) is 122 cm³/mol. The summed E-state index contributed by atoms with van der Waals surface area (Å²) >= 11 is 0. The molecule has 1 saturated carbocycles. The van der Waals surface area contributed by atoms with Gasteiger partial charge in [0.05, 0.1) is 16.7 Å². The summed E-state index contributed by atoms with van der Waals surface area (Å²) in [6.07, 6.45) is 2.45. The standard InChI is InChI=1S/C25H28N4O6/c30-12-19-17-10-27(11-18(17)19)13-25(35)5-7-28(8-6-25)14-1-2-15-16(9-14)24(34)29(23(15)33)20-3-4-21(31)26-22(20)32/h1-2,9,12,17-20,35H,3-8,10-11,13H2,(H,26,31,32). The van der Waals surface area contributed by atoms with Crippen LogP contribution in [0, 0.1) is 17.8 Å². The Hall–Kier alpha value is -3.11. The number of nitrogens with one attached hydrogen (secondary N) is 1. The summed E-state index contributed by atoms with van der Waals surface area (Å²) in [6, 6.07) is 4.14. The Balaban J connectivity index is 1.11. The maximum atomic E-state index is 13.1. The molecule has 3 saturated heterocycles. The maximum Gasteiger partial charge on any atom is 0.262 e. The van der Waals surface area contributed by atoms with Gasteiger partial charge < -0.3 is 14.8 Å². The summed E-state index contributed by atoms with van der Waals surface area (Å²) in [4.78, 5) is 66.1. The summed E-state index contributed by atoms with van der Waals surface area (Å²) in [6.45, 7) is 3.60. The van der Waals surface area contributed by atoms with E-state index >= 15 is 0 Å². The molecule has 1 aliphatic carbocycles. The number of likely N-dealkylation sites (tertiary alicyclic amines) is 1. The number of benzene rings is 1. The van der Waals surface area contributed by atoms with E-state index in [2.05, 4.69) is 15.1 Å². The average Bonchev–Trinajstić information content (AvgIpc) is 3.20. The molecule has 4 amide bonds. The van der Waals surface area contributed by atoms with E-state index in [4.69, 9.17) is 0 Å². The van der Waals surface area contributed by atoms with Gasteiger partial charge in [-0.25, -0.2) is 0 Å². The van der Waals surface area contributed by atoms with Crippen LogP contribution in [-0.4, -0.2) is 89.2 Å². The van der Waals surface area contributed by atoms with Crippen LogP contribution in [0.3, 0.4) is 0 Å². The second-order valence-corrected chi connectivity index (χ2v) is 10.6. The lowest BCUT2D eigenvalue weighted by Crippen LogP contribution is -2.54. The number of carbonyl (C=O) groups excluding carboxylic acids is 5. The highest BCUT2D eigenvalue weighted by molar-refractivity contribution is 6.23. The summed E-state index contributed by atoms with van der Waals surface area (Å²) in [5.41, 5.74) is 0.542. The van der Waals surface area contributed by atoms with Crippen LogP contribution >= 0.6 is 0 Å². The SMILES string of the molecule is O=CC1C2CN(CC3(O)CCN(c4ccc5c(c4)C(=O)N(C4CCC(=O)NC4=O)C5=O)CC3)CC12. The normalized spacial score (nSPS) is 31.9. The minimum atomic E-state index is -0.980. The first-order valence-corrected chi connectivity index (χ1v) is 12.3. The molecular weight excluding hydrogens is 452 g/mol. The minimum absolute atomic E-state index is 0.0855. The number of nitrogens with zero attached hydrogens (tertiary/aromatic N) is 3. The Labute approximate surface area is 202 Å². The van der Waals surface area contributed by atoms with Gasteiger partial charge in [0.2, 0.25) is 11.8 Å². The zero-order valence-electron chi connectivity index (χ0n) is 19.3. The van der Waals surface area contributed by atoms with E-state index in [-0.39, 0.29) is 29.9 Å². The van der Waals surface area contributed by atoms with Crippen LogP contribution in [0.5, 0.6) is 0 Å². The highest BCUT2D eigenvalue weighted by Gasteiger charge is 2.56. The lowest BCUT2D eigenvalue weighted by atomic mass is 9.90. The number of piperidine rings is 3. The molecule has 0 spiro atoms. The van der Waals surface area contributed by atoms with E-state index in [1.165, 1.54) is 0 Å². The molecule has 3 atom stereocenters. The Bertz CT molecular complexity index is 1130. The van der Waals surface area contributed by atoms with Crippen molar-refractivity contribution in [3.05, 3.63) is 29.3 Å². The van der Waals surface area contributed by atoms with Crippen molar-refractivity contribution >= 4 is 35.6 Å². The molecule has 4 heterocycles. The number of fused-ring (bicyclic) bond motifs is 2. The first-order valence-electron chi connectivity index (χ1n) is 12.3. The smallest absolute Gasteiger partial charge is 0.262 e. The molecule has 5 aliphatic rings. The lowest BCUT2D eigenvalue weighted by Gasteiger charge is -2.41. The van der Waals surface area contributed by atoms with Gasteiger partial charge in [0.15, 0.2) is 0 Å². The zero-order valence-corrected chi connectivity index (χ0v) is 19.3. The first kappa shape index (κ1) is 22.4. The molecule has 2 N–H and O–H groups in total. The van der Waals surface area contributed by atoms with E-state index in [1.54, 1.807) is 18.2 Å². The predicted octanol–water partition coefficient (Wildman–Crippen LogP) is -0.204. The van der Waals surface area contributed by atoms with E-state index in [1.807, 2.05) is 0 Å². The molecule has 10 heteroatoms. The Kier molecular flexibility index (Phi) is 5.08. The molecule has 3 unspecified atom stereocenters. The van der Waals surface area contributed by atoms with Crippen molar-refractivity contribution in [1.82, 2.24) is 15.1 Å². The average molecular weight is 481 g/mol. The van der Waals surface area contributed by atoms with Crippen LogP contribution in [0.1, 0.15) is 46.4 Å². The van der Waals surface area contributed by atoms with E-state index in [0.717, 1.165) is 30.0 Å². The second-order valence-electron chi connectivity index (χ2n) is 10.6. The van der Waals surface area contributed by atoms with Crippen LogP contribution in [0.2, 0.25) is 0 Å². The van der Waals surface area contributed by atoms with Gasteiger partial charge in [0, 0.05) is 50.7 Å². The van der Waals surface area contributed by atoms with E-state index in [0.29, 0.717) is 44.3 Å². The molecule has 10 nitrogen and oxygen atoms in total. The van der Waals surface area contributed by atoms with Crippen LogP contribution in [0.4, 0.5) is 5.69 Å². The number of carbonyl (C=O) groups is 5. The van der Waals surface area contributed by atoms with Crippen LogP contribution in [0.25, 0.3) is 0 Å². The molecule has 4 aliphatic heterocycles. The lowest BCUT2D eigenvalue weighted by molar-refractivity contribution is -0.136. The Morgan fingerprint density at radius 3 is 2.37 bits per heavy atom. The van der Waals surface area contributed by atoms with Crippen LogP contribution in [0.15, 0.2) is 18.2 Å². The summed E-state index contributed by atoms with van der Waals surface area (Å²) in [7, 11) is 0. The zero-order chi connectivity index (χ0) is 24.5. The number of aldehydes is 1. The van der Waals surface area contributed by atoms with Crippen molar-refractivity contribution in [2.75, 3.05) is 37.6 Å². The van der Waals surface area contributed by atoms with Gasteiger partial charge >= 0.3 is 0 Å². The van der Waals surface area contributed by atoms with Crippen molar-refractivity contribution in [2.24, 2.45) is 17.8 Å². The fraction of sp³-hybridized carbons (Fsp3) is 0.560. The fourth-order valence-corrected chi connectivity index (χ4v) is 6.40. The summed E-state index contributed by atoms with van der Waals surface area (Å²) in [5.74, 6) is -0.922. The van der Waals surface area contributed by atoms with Crippen molar-refractivity contribution < 1.29 is 29.1 Å². The van der Waals surface area contributed by atoms with E-state index in [9.17, 15) is 29.1 Å². The van der Waals surface area contributed by atoms with Gasteiger partial charge in [0.25, 0.3) is 11.8 Å². The third kappa shape index (κ3) is 3.66. The molecule has 35 heavy (non-hydrogen) atoms. The molecule has 4 fully saturated rings. The van der Waals surface area contributed by atoms with Gasteiger partial charge in [-0.15, -0.1) is 0 Å². The number of hydrogen-bond donors (Lipinski definition) is 2. The third-order valence-corrected chi connectivity index (χ3v) is 8.49. The van der Waals surface area contributed by atoms with Gasteiger partial charge in [0.1, 0.15) is 12.3 Å². The molecule has 184 valence electrons. The van der Waals surface area contributed by atoms with Crippen molar-refractivity contribution in [1.29, 1.82) is 0 Å². The van der Waals surface area contributed by atoms with Crippen LogP contribution in [-0.2, 0) is 14.4 Å². The second kappa shape index (κ2) is 7.96. The molecular formula is C25H28N4O6. The number of aliphatic hydroxyl groups is 1. The third-order valence-electron chi connectivity index (χ3n) is 8.49. The Morgan fingerprint density at radius 1 is 1.03 bits per heavy atom. The van der Waals surface area contributed by atoms with Crippen LogP contribution < -0.4 is 10.2 Å². The molecule has 1 aromatic rings. The molecule has 0 radical (unpaired) electrons. The van der Waals surface area contributed by atoms with Crippen molar-refractivity contribution in [3.63, 3.8) is 0 Å². The van der Waals surface area contributed by atoms with Crippen molar-refractivity contribution in [2.45, 2.75) is 37.3 Å². The first-order chi connectivity index (χ1) is 16.8. The van der Waals surface area contributed by atoms with Crippen molar-refractivity contribution in [3.8, 4) is 0 Å². The highest BCUT2D eigenvalue weighted by atomic mass is 16.3. The number of β-amino-alcohol motifs (C(OH)–C–C–N with tert-alkyl or cyclic N) is 1. The molecule has 1 aromatic carbocycles. The topological polar surface area (TPSA) is 127 Å². The van der Waals surface area contributed by atoms with Gasteiger partial charge in [-0.05, 0) is 49.3 Å². The molecule has 0 bridgehead atoms. The maximum absolute atomic E-state index is 13.1. The van der Waals surface area contributed by atoms with E-state index < -0.39 is 35.3 Å². The molecule has 0 aromatic heterocycles. The largest absolute Gasteiger partial charge is 0.388 e. The highest BCUT2D eigenvalue weighted by Crippen LogP contribution is 2.50. The minimum Gasteiger partial charge on any atom is -0.388 e. The van der Waals surface area contributed by atoms with Gasteiger partial charge in [-0.1, -0.05) is 0 Å². The number of anilines is 1. The summed E-state index contributed by atoms with van der Waals surface area (Å²) in [5, 5.41) is 13.4.